The van der Waals surface area contributed by atoms with Crippen molar-refractivity contribution < 1.29 is 14.7 Å². The summed E-state index contributed by atoms with van der Waals surface area (Å²) in [4.78, 5) is 23.2. The Bertz CT molecular complexity index is 376. The summed E-state index contributed by atoms with van der Waals surface area (Å²) in [5.74, 6) is -0.805. The zero-order valence-corrected chi connectivity index (χ0v) is 11.3. The number of carbonyl (C=O) groups excluding carboxylic acids is 1. The number of amides is 1. The van der Waals surface area contributed by atoms with Crippen LogP contribution in [0.2, 0.25) is 0 Å². The third kappa shape index (κ3) is 5.31. The lowest BCUT2D eigenvalue weighted by atomic mass is 10.1. The van der Waals surface area contributed by atoms with Crippen molar-refractivity contribution in [2.45, 2.75) is 45.1 Å². The van der Waals surface area contributed by atoms with Crippen molar-refractivity contribution >= 4 is 23.2 Å². The van der Waals surface area contributed by atoms with Gasteiger partial charge in [0.1, 0.15) is 0 Å². The molecular formula is C13H19NO3S. The SMILES string of the molecule is CCC(NC(=O)CCCCC(=O)O)c1cccs1. The molecule has 1 atom stereocenters. The second-order valence-electron chi connectivity index (χ2n) is 4.14. The summed E-state index contributed by atoms with van der Waals surface area (Å²) < 4.78 is 0. The van der Waals surface area contributed by atoms with E-state index in [1.54, 1.807) is 11.3 Å². The molecule has 4 nitrogen and oxygen atoms in total. The van der Waals surface area contributed by atoms with Crippen LogP contribution < -0.4 is 5.32 Å². The van der Waals surface area contributed by atoms with E-state index in [0.717, 1.165) is 11.3 Å². The van der Waals surface area contributed by atoms with Crippen LogP contribution in [0.3, 0.4) is 0 Å². The average molecular weight is 269 g/mol. The predicted octanol–water partition coefficient (Wildman–Crippen LogP) is 2.96. The first-order valence-corrected chi connectivity index (χ1v) is 7.06. The summed E-state index contributed by atoms with van der Waals surface area (Å²) in [5.41, 5.74) is 0. The third-order valence-electron chi connectivity index (χ3n) is 2.67. The Morgan fingerprint density at radius 1 is 1.39 bits per heavy atom. The molecule has 0 spiro atoms. The van der Waals surface area contributed by atoms with Gasteiger partial charge in [-0.15, -0.1) is 11.3 Å². The highest BCUT2D eigenvalue weighted by atomic mass is 32.1. The van der Waals surface area contributed by atoms with Crippen LogP contribution in [0.5, 0.6) is 0 Å². The van der Waals surface area contributed by atoms with Crippen LogP contribution in [0.4, 0.5) is 0 Å². The molecule has 2 N–H and O–H groups in total. The van der Waals surface area contributed by atoms with Gasteiger partial charge in [-0.25, -0.2) is 0 Å². The first-order valence-electron chi connectivity index (χ1n) is 6.18. The number of hydrogen-bond acceptors (Lipinski definition) is 3. The Labute approximate surface area is 111 Å². The van der Waals surface area contributed by atoms with E-state index < -0.39 is 5.97 Å². The van der Waals surface area contributed by atoms with Crippen LogP contribution >= 0.6 is 11.3 Å². The summed E-state index contributed by atoms with van der Waals surface area (Å²) >= 11 is 1.64. The lowest BCUT2D eigenvalue weighted by Crippen LogP contribution is -2.27. The first-order chi connectivity index (χ1) is 8.63. The molecule has 0 fully saturated rings. The van der Waals surface area contributed by atoms with Gasteiger partial charge < -0.3 is 10.4 Å². The molecule has 0 saturated heterocycles. The quantitative estimate of drug-likeness (QED) is 0.713. The minimum absolute atomic E-state index is 0.000591. The Hall–Kier alpha value is -1.36. The van der Waals surface area contributed by atoms with Crippen LogP contribution in [0.25, 0.3) is 0 Å². The van der Waals surface area contributed by atoms with E-state index in [4.69, 9.17) is 5.11 Å². The molecule has 0 saturated carbocycles. The molecule has 0 bridgehead atoms. The van der Waals surface area contributed by atoms with E-state index in [-0.39, 0.29) is 18.4 Å². The third-order valence-corrected chi connectivity index (χ3v) is 3.66. The minimum Gasteiger partial charge on any atom is -0.481 e. The van der Waals surface area contributed by atoms with E-state index >= 15 is 0 Å². The molecule has 5 heteroatoms. The van der Waals surface area contributed by atoms with E-state index in [0.29, 0.717) is 19.3 Å². The van der Waals surface area contributed by atoms with Crippen LogP contribution in [0.1, 0.15) is 49.9 Å². The van der Waals surface area contributed by atoms with Gasteiger partial charge in [0.15, 0.2) is 0 Å². The highest BCUT2D eigenvalue weighted by Crippen LogP contribution is 2.21. The maximum atomic E-state index is 11.7. The van der Waals surface area contributed by atoms with Gasteiger partial charge in [-0.05, 0) is 30.7 Å². The summed E-state index contributed by atoms with van der Waals surface area (Å²) in [6.45, 7) is 2.04. The second-order valence-corrected chi connectivity index (χ2v) is 5.12. The molecule has 0 aliphatic carbocycles. The summed E-state index contributed by atoms with van der Waals surface area (Å²) in [5, 5.41) is 13.5. The maximum absolute atomic E-state index is 11.7. The fourth-order valence-electron chi connectivity index (χ4n) is 1.69. The van der Waals surface area contributed by atoms with Crippen LogP contribution in [-0.4, -0.2) is 17.0 Å². The lowest BCUT2D eigenvalue weighted by Gasteiger charge is -2.15. The van der Waals surface area contributed by atoms with Crippen LogP contribution in [0, 0.1) is 0 Å². The monoisotopic (exact) mass is 269 g/mol. The Balaban J connectivity index is 2.28. The molecule has 0 aromatic carbocycles. The van der Waals surface area contributed by atoms with Gasteiger partial charge in [0, 0.05) is 17.7 Å². The highest BCUT2D eigenvalue weighted by Gasteiger charge is 2.13. The van der Waals surface area contributed by atoms with Crippen LogP contribution in [0.15, 0.2) is 17.5 Å². The molecule has 0 radical (unpaired) electrons. The van der Waals surface area contributed by atoms with Crippen molar-refractivity contribution in [2.75, 3.05) is 0 Å². The van der Waals surface area contributed by atoms with Crippen molar-refractivity contribution in [2.24, 2.45) is 0 Å². The number of unbranched alkanes of at least 4 members (excludes halogenated alkanes) is 1. The molecule has 1 rings (SSSR count). The zero-order valence-electron chi connectivity index (χ0n) is 10.5. The van der Waals surface area contributed by atoms with E-state index in [9.17, 15) is 9.59 Å². The maximum Gasteiger partial charge on any atom is 0.303 e. The minimum atomic E-state index is -0.805. The molecule has 1 amide bonds. The Morgan fingerprint density at radius 3 is 2.67 bits per heavy atom. The summed E-state index contributed by atoms with van der Waals surface area (Å²) in [7, 11) is 0. The number of carbonyl (C=O) groups is 2. The van der Waals surface area contributed by atoms with E-state index in [1.165, 1.54) is 0 Å². The predicted molar refractivity (Wildman–Crippen MR) is 71.6 cm³/mol. The normalized spacial score (nSPS) is 12.1. The molecule has 18 heavy (non-hydrogen) atoms. The standard InChI is InChI=1S/C13H19NO3S/c1-2-10(11-6-5-9-18-11)14-12(15)7-3-4-8-13(16)17/h5-6,9-10H,2-4,7-8H2,1H3,(H,14,15)(H,16,17). The molecule has 1 unspecified atom stereocenters. The molecule has 0 aliphatic heterocycles. The van der Waals surface area contributed by atoms with Crippen molar-refractivity contribution in [1.82, 2.24) is 5.32 Å². The number of aliphatic carboxylic acids is 1. The van der Waals surface area contributed by atoms with Crippen molar-refractivity contribution in [1.29, 1.82) is 0 Å². The van der Waals surface area contributed by atoms with Crippen molar-refractivity contribution in [3.8, 4) is 0 Å². The van der Waals surface area contributed by atoms with Crippen LogP contribution in [-0.2, 0) is 9.59 Å². The van der Waals surface area contributed by atoms with Gasteiger partial charge >= 0.3 is 5.97 Å². The number of carboxylic acids is 1. The van der Waals surface area contributed by atoms with Crippen molar-refractivity contribution in [3.63, 3.8) is 0 Å². The first kappa shape index (κ1) is 14.7. The number of thiophene rings is 1. The van der Waals surface area contributed by atoms with Crippen molar-refractivity contribution in [3.05, 3.63) is 22.4 Å². The van der Waals surface area contributed by atoms with Gasteiger partial charge in [0.05, 0.1) is 6.04 Å². The molecule has 1 aromatic rings. The fraction of sp³-hybridized carbons (Fsp3) is 0.538. The fourth-order valence-corrected chi connectivity index (χ4v) is 2.55. The molecule has 0 aliphatic rings. The second kappa shape index (κ2) is 7.87. The van der Waals surface area contributed by atoms with Gasteiger partial charge in [0.25, 0.3) is 0 Å². The van der Waals surface area contributed by atoms with Gasteiger partial charge in [-0.2, -0.15) is 0 Å². The van der Waals surface area contributed by atoms with Gasteiger partial charge in [0.2, 0.25) is 5.91 Å². The topological polar surface area (TPSA) is 66.4 Å². The summed E-state index contributed by atoms with van der Waals surface area (Å²) in [6, 6.07) is 4.07. The number of rotatable bonds is 8. The average Bonchev–Trinajstić information content (AvgIpc) is 2.85. The molecule has 1 aromatic heterocycles. The molecular weight excluding hydrogens is 250 g/mol. The molecule has 1 heterocycles. The number of hydrogen-bond donors (Lipinski definition) is 2. The largest absolute Gasteiger partial charge is 0.481 e. The van der Waals surface area contributed by atoms with E-state index in [1.807, 2.05) is 24.4 Å². The smallest absolute Gasteiger partial charge is 0.303 e. The van der Waals surface area contributed by atoms with Gasteiger partial charge in [-0.3, -0.25) is 9.59 Å². The summed E-state index contributed by atoms with van der Waals surface area (Å²) in [6.07, 6.45) is 2.57. The highest BCUT2D eigenvalue weighted by molar-refractivity contribution is 7.10. The van der Waals surface area contributed by atoms with Gasteiger partial charge in [-0.1, -0.05) is 13.0 Å². The Morgan fingerprint density at radius 2 is 2.11 bits per heavy atom. The number of nitrogens with one attached hydrogen (secondary N) is 1. The number of carboxylic acid groups (broad SMARTS) is 1. The van der Waals surface area contributed by atoms with E-state index in [2.05, 4.69) is 5.32 Å². The molecule has 100 valence electrons. The lowest BCUT2D eigenvalue weighted by molar-refractivity contribution is -0.137. The zero-order chi connectivity index (χ0) is 13.4. The Kier molecular flexibility index (Phi) is 6.43.